The van der Waals surface area contributed by atoms with Crippen LogP contribution in [-0.2, 0) is 6.54 Å². The molecular formula is C22H16F3N3O. The lowest BCUT2D eigenvalue weighted by atomic mass is 10.1. The van der Waals surface area contributed by atoms with E-state index in [1.807, 2.05) is 28.8 Å². The monoisotopic (exact) mass is 395 g/mol. The zero-order chi connectivity index (χ0) is 20.4. The fourth-order valence-corrected chi connectivity index (χ4v) is 3.20. The minimum Gasteiger partial charge on any atom is -0.343 e. The van der Waals surface area contributed by atoms with E-state index in [1.54, 1.807) is 18.5 Å². The van der Waals surface area contributed by atoms with Crippen LogP contribution >= 0.6 is 0 Å². The van der Waals surface area contributed by atoms with Crippen LogP contribution in [0, 0.1) is 17.5 Å². The van der Waals surface area contributed by atoms with Crippen LogP contribution in [-0.4, -0.2) is 15.5 Å². The molecule has 4 rings (SSSR count). The summed E-state index contributed by atoms with van der Waals surface area (Å²) in [4.78, 5) is 17.0. The van der Waals surface area contributed by atoms with Crippen LogP contribution in [0.15, 0.2) is 73.1 Å². The van der Waals surface area contributed by atoms with Crippen LogP contribution in [0.2, 0.25) is 0 Å². The van der Waals surface area contributed by atoms with E-state index < -0.39 is 35.0 Å². The molecular weight excluding hydrogens is 379 g/mol. The van der Waals surface area contributed by atoms with Gasteiger partial charge in [0, 0.05) is 6.54 Å². The number of para-hydroxylation sites is 2. The van der Waals surface area contributed by atoms with E-state index in [1.165, 1.54) is 24.3 Å². The van der Waals surface area contributed by atoms with E-state index in [0.717, 1.165) is 17.1 Å². The maximum absolute atomic E-state index is 14.0. The maximum Gasteiger partial charge on any atom is 0.254 e. The fraction of sp³-hybridized carbons (Fsp3) is 0.0909. The molecule has 0 fully saturated rings. The number of aromatic nitrogens is 2. The Balaban J connectivity index is 1.68. The summed E-state index contributed by atoms with van der Waals surface area (Å²) in [5.74, 6) is -3.49. The van der Waals surface area contributed by atoms with Crippen molar-refractivity contribution >= 4 is 16.9 Å². The molecule has 0 spiro atoms. The van der Waals surface area contributed by atoms with Gasteiger partial charge in [0.2, 0.25) is 0 Å². The highest BCUT2D eigenvalue weighted by Crippen LogP contribution is 2.21. The lowest BCUT2D eigenvalue weighted by molar-refractivity contribution is 0.0927. The van der Waals surface area contributed by atoms with Crippen molar-refractivity contribution in [2.24, 2.45) is 0 Å². The molecule has 146 valence electrons. The van der Waals surface area contributed by atoms with Crippen LogP contribution < -0.4 is 5.32 Å². The molecule has 1 amide bonds. The maximum atomic E-state index is 14.0. The van der Waals surface area contributed by atoms with Gasteiger partial charge in [0.05, 0.1) is 29.0 Å². The number of carbonyl (C=O) groups is 1. The molecule has 4 aromatic rings. The number of fused-ring (bicyclic) bond motifs is 1. The van der Waals surface area contributed by atoms with Crippen molar-refractivity contribution < 1.29 is 18.0 Å². The predicted molar refractivity (Wildman–Crippen MR) is 103 cm³/mol. The van der Waals surface area contributed by atoms with Crippen LogP contribution in [0.3, 0.4) is 0 Å². The molecule has 0 bridgehead atoms. The summed E-state index contributed by atoms with van der Waals surface area (Å²) < 4.78 is 42.8. The van der Waals surface area contributed by atoms with Crippen molar-refractivity contribution in [1.29, 1.82) is 0 Å². The van der Waals surface area contributed by atoms with Crippen molar-refractivity contribution in [2.45, 2.75) is 12.6 Å². The summed E-state index contributed by atoms with van der Waals surface area (Å²) in [5, 5.41) is 2.72. The SMILES string of the molecule is O=C(NC(Cn1cnc2ccccc21)c1ccc(F)cc1)c1cccc(F)c1F. The second-order valence-electron chi connectivity index (χ2n) is 6.56. The lowest BCUT2D eigenvalue weighted by Crippen LogP contribution is -2.32. The molecule has 0 aliphatic carbocycles. The average Bonchev–Trinajstić information content (AvgIpc) is 3.13. The lowest BCUT2D eigenvalue weighted by Gasteiger charge is -2.21. The highest BCUT2D eigenvalue weighted by Gasteiger charge is 2.21. The molecule has 0 saturated heterocycles. The normalized spacial score (nSPS) is 12.1. The number of rotatable bonds is 5. The number of benzene rings is 3. The number of nitrogens with zero attached hydrogens (tertiary/aromatic N) is 2. The summed E-state index contributed by atoms with van der Waals surface area (Å²) in [6, 6.07) is 15.9. The molecule has 0 radical (unpaired) electrons. The van der Waals surface area contributed by atoms with Gasteiger partial charge in [0.1, 0.15) is 5.82 Å². The van der Waals surface area contributed by atoms with E-state index >= 15 is 0 Å². The highest BCUT2D eigenvalue weighted by atomic mass is 19.2. The van der Waals surface area contributed by atoms with Crippen LogP contribution in [0.1, 0.15) is 22.0 Å². The average molecular weight is 395 g/mol. The second-order valence-corrected chi connectivity index (χ2v) is 6.56. The third-order valence-corrected chi connectivity index (χ3v) is 4.68. The highest BCUT2D eigenvalue weighted by molar-refractivity contribution is 5.94. The molecule has 1 heterocycles. The smallest absolute Gasteiger partial charge is 0.254 e. The largest absolute Gasteiger partial charge is 0.343 e. The van der Waals surface area contributed by atoms with Gasteiger partial charge in [-0.25, -0.2) is 18.2 Å². The van der Waals surface area contributed by atoms with Crippen molar-refractivity contribution in [3.05, 3.63) is 102 Å². The number of hydrogen-bond acceptors (Lipinski definition) is 2. The van der Waals surface area contributed by atoms with Crippen molar-refractivity contribution in [3.63, 3.8) is 0 Å². The van der Waals surface area contributed by atoms with Gasteiger partial charge >= 0.3 is 0 Å². The van der Waals surface area contributed by atoms with E-state index in [-0.39, 0.29) is 6.54 Å². The van der Waals surface area contributed by atoms with Crippen molar-refractivity contribution in [2.75, 3.05) is 0 Å². The summed E-state index contributed by atoms with van der Waals surface area (Å²) in [5.41, 5.74) is 1.86. The quantitative estimate of drug-likeness (QED) is 0.536. The zero-order valence-electron chi connectivity index (χ0n) is 15.1. The van der Waals surface area contributed by atoms with Gasteiger partial charge in [0.25, 0.3) is 5.91 Å². The Hall–Kier alpha value is -3.61. The molecule has 0 saturated carbocycles. The van der Waals surface area contributed by atoms with Gasteiger partial charge in [0.15, 0.2) is 11.6 Å². The fourth-order valence-electron chi connectivity index (χ4n) is 3.20. The first kappa shape index (κ1) is 18.7. The zero-order valence-corrected chi connectivity index (χ0v) is 15.1. The van der Waals surface area contributed by atoms with E-state index in [4.69, 9.17) is 0 Å². The molecule has 3 aromatic carbocycles. The van der Waals surface area contributed by atoms with Gasteiger partial charge in [-0.2, -0.15) is 0 Å². The first-order valence-corrected chi connectivity index (χ1v) is 8.93. The summed E-state index contributed by atoms with van der Waals surface area (Å²) in [6.07, 6.45) is 1.64. The molecule has 1 N–H and O–H groups in total. The third-order valence-electron chi connectivity index (χ3n) is 4.68. The molecule has 1 unspecified atom stereocenters. The molecule has 1 aromatic heterocycles. The van der Waals surface area contributed by atoms with Gasteiger partial charge in [-0.15, -0.1) is 0 Å². The Bertz CT molecular complexity index is 1170. The minimum atomic E-state index is -1.21. The summed E-state index contributed by atoms with van der Waals surface area (Å²) >= 11 is 0. The molecule has 4 nitrogen and oxygen atoms in total. The Kier molecular flexibility index (Phi) is 5.03. The predicted octanol–water partition coefficient (Wildman–Crippen LogP) is 4.62. The minimum absolute atomic E-state index is 0.273. The molecule has 0 aliphatic rings. The molecule has 1 atom stereocenters. The van der Waals surface area contributed by atoms with Gasteiger partial charge < -0.3 is 9.88 Å². The van der Waals surface area contributed by atoms with E-state index in [2.05, 4.69) is 10.3 Å². The van der Waals surface area contributed by atoms with Crippen LogP contribution in [0.25, 0.3) is 11.0 Å². The summed E-state index contributed by atoms with van der Waals surface area (Å²) in [6.45, 7) is 0.273. The van der Waals surface area contributed by atoms with Gasteiger partial charge in [-0.1, -0.05) is 30.3 Å². The van der Waals surface area contributed by atoms with Gasteiger partial charge in [-0.05, 0) is 42.0 Å². The second kappa shape index (κ2) is 7.79. The Labute approximate surface area is 164 Å². The molecule has 7 heteroatoms. The molecule has 0 aliphatic heterocycles. The Morgan fingerprint density at radius 3 is 2.52 bits per heavy atom. The topological polar surface area (TPSA) is 46.9 Å². The van der Waals surface area contributed by atoms with Gasteiger partial charge in [-0.3, -0.25) is 4.79 Å². The first-order chi connectivity index (χ1) is 14.0. The van der Waals surface area contributed by atoms with E-state index in [9.17, 15) is 18.0 Å². The number of imidazole rings is 1. The first-order valence-electron chi connectivity index (χ1n) is 8.93. The van der Waals surface area contributed by atoms with Crippen molar-refractivity contribution in [3.8, 4) is 0 Å². The number of halogens is 3. The summed E-state index contributed by atoms with van der Waals surface area (Å²) in [7, 11) is 0. The standard InChI is InChI=1S/C22H16F3N3O/c23-15-10-8-14(9-11-15)19(12-28-13-26-18-6-1-2-7-20(18)28)27-22(29)16-4-3-5-17(24)21(16)25/h1-11,13,19H,12H2,(H,27,29). The molecule has 29 heavy (non-hydrogen) atoms. The van der Waals surface area contributed by atoms with Crippen LogP contribution in [0.5, 0.6) is 0 Å². The number of carbonyl (C=O) groups excluding carboxylic acids is 1. The third kappa shape index (κ3) is 3.85. The van der Waals surface area contributed by atoms with Crippen molar-refractivity contribution in [1.82, 2.24) is 14.9 Å². The number of nitrogens with one attached hydrogen (secondary N) is 1. The number of hydrogen-bond donors (Lipinski definition) is 1. The number of amides is 1. The Morgan fingerprint density at radius 1 is 0.966 bits per heavy atom. The van der Waals surface area contributed by atoms with Crippen LogP contribution in [0.4, 0.5) is 13.2 Å². The Morgan fingerprint density at radius 2 is 1.72 bits per heavy atom. The van der Waals surface area contributed by atoms with E-state index in [0.29, 0.717) is 5.56 Å².